The van der Waals surface area contributed by atoms with E-state index < -0.39 is 0 Å². The van der Waals surface area contributed by atoms with Crippen LogP contribution < -0.4 is 4.74 Å². The van der Waals surface area contributed by atoms with E-state index in [1.54, 1.807) is 7.11 Å². The summed E-state index contributed by atoms with van der Waals surface area (Å²) in [7, 11) is 1.64. The van der Waals surface area contributed by atoms with Gasteiger partial charge in [-0.15, -0.1) is 0 Å². The normalized spacial score (nSPS) is 9.79. The van der Waals surface area contributed by atoms with Crippen LogP contribution in [0.2, 0.25) is 0 Å². The smallest absolute Gasteiger partial charge is 0.131 e. The molecule has 0 saturated carbocycles. The van der Waals surface area contributed by atoms with E-state index in [1.165, 1.54) is 0 Å². The number of aromatic nitrogens is 1. The molecule has 0 aliphatic heterocycles. The zero-order valence-electron chi connectivity index (χ0n) is 14.4. The summed E-state index contributed by atoms with van der Waals surface area (Å²) < 4.78 is 10.7. The van der Waals surface area contributed by atoms with Crippen LogP contribution in [0.1, 0.15) is 33.6 Å². The summed E-state index contributed by atoms with van der Waals surface area (Å²) in [5, 5.41) is 9.31. The van der Waals surface area contributed by atoms with Crippen molar-refractivity contribution < 1.29 is 9.47 Å². The predicted octanol–water partition coefficient (Wildman–Crippen LogP) is 3.46. The third-order valence-electron chi connectivity index (χ3n) is 3.92. The van der Waals surface area contributed by atoms with Crippen LogP contribution in [0.3, 0.4) is 0 Å². The van der Waals surface area contributed by atoms with Crippen LogP contribution in [-0.2, 0) is 11.3 Å². The van der Waals surface area contributed by atoms with E-state index in [2.05, 4.69) is 22.9 Å². The second-order valence-electron chi connectivity index (χ2n) is 5.43. The maximum Gasteiger partial charge on any atom is 0.131 e. The first-order valence-corrected chi connectivity index (χ1v) is 7.64. The SMILES string of the molecule is COc1ccc(COCC#Cc2nc(C)c(C)c(C)c2C#N)cc1. The van der Waals surface area contributed by atoms with Crippen LogP contribution in [0.4, 0.5) is 0 Å². The Bertz CT molecular complexity index is 822. The van der Waals surface area contributed by atoms with Gasteiger partial charge in [-0.05, 0) is 55.5 Å². The lowest BCUT2D eigenvalue weighted by Crippen LogP contribution is -2.01. The number of methoxy groups -OCH3 is 1. The van der Waals surface area contributed by atoms with Crippen molar-refractivity contribution in [3.63, 3.8) is 0 Å². The van der Waals surface area contributed by atoms with Gasteiger partial charge in [0.05, 0.1) is 19.3 Å². The summed E-state index contributed by atoms with van der Waals surface area (Å²) in [5.41, 5.74) is 4.98. The second kappa shape index (κ2) is 8.15. The van der Waals surface area contributed by atoms with Crippen molar-refractivity contribution in [1.29, 1.82) is 5.26 Å². The number of nitrogens with zero attached hydrogens (tertiary/aromatic N) is 2. The molecule has 0 saturated heterocycles. The minimum atomic E-state index is 0.282. The summed E-state index contributed by atoms with van der Waals surface area (Å²) in [6.07, 6.45) is 0. The maximum absolute atomic E-state index is 9.31. The third kappa shape index (κ3) is 4.13. The lowest BCUT2D eigenvalue weighted by atomic mass is 10.0. The Hall–Kier alpha value is -2.82. The zero-order chi connectivity index (χ0) is 17.5. The third-order valence-corrected chi connectivity index (χ3v) is 3.92. The van der Waals surface area contributed by atoms with Gasteiger partial charge in [0, 0.05) is 5.69 Å². The molecule has 0 unspecified atom stereocenters. The highest BCUT2D eigenvalue weighted by atomic mass is 16.5. The average Bonchev–Trinajstić information content (AvgIpc) is 2.60. The molecule has 2 aromatic rings. The number of nitriles is 1. The van der Waals surface area contributed by atoms with Crippen molar-refractivity contribution in [3.8, 4) is 23.7 Å². The highest BCUT2D eigenvalue weighted by Gasteiger charge is 2.10. The molecule has 1 aromatic carbocycles. The van der Waals surface area contributed by atoms with Gasteiger partial charge in [0.25, 0.3) is 0 Å². The Labute approximate surface area is 143 Å². The molecule has 1 heterocycles. The molecular formula is C20H20N2O2. The van der Waals surface area contributed by atoms with Crippen LogP contribution in [-0.4, -0.2) is 18.7 Å². The molecule has 0 aliphatic rings. The first-order chi connectivity index (χ1) is 11.6. The van der Waals surface area contributed by atoms with Gasteiger partial charge in [-0.3, -0.25) is 0 Å². The van der Waals surface area contributed by atoms with Crippen LogP contribution in [0.25, 0.3) is 0 Å². The fraction of sp³-hybridized carbons (Fsp3) is 0.300. The molecule has 0 fully saturated rings. The molecule has 0 aliphatic carbocycles. The van der Waals surface area contributed by atoms with Crippen molar-refractivity contribution in [1.82, 2.24) is 4.98 Å². The van der Waals surface area contributed by atoms with Gasteiger partial charge in [0.2, 0.25) is 0 Å². The standard InChI is InChI=1S/C20H20N2O2/c1-14-15(2)19(12-21)20(22-16(14)3)6-5-11-24-13-17-7-9-18(23-4)10-8-17/h7-10H,11,13H2,1-4H3. The summed E-state index contributed by atoms with van der Waals surface area (Å²) >= 11 is 0. The molecule has 0 radical (unpaired) electrons. The number of ether oxygens (including phenoxy) is 2. The Kier molecular flexibility index (Phi) is 5.95. The van der Waals surface area contributed by atoms with E-state index in [-0.39, 0.29) is 6.61 Å². The van der Waals surface area contributed by atoms with Crippen molar-refractivity contribution >= 4 is 0 Å². The van der Waals surface area contributed by atoms with Gasteiger partial charge >= 0.3 is 0 Å². The number of aryl methyl sites for hydroxylation is 1. The number of hydrogen-bond donors (Lipinski definition) is 0. The summed E-state index contributed by atoms with van der Waals surface area (Å²) in [4.78, 5) is 4.41. The Morgan fingerprint density at radius 2 is 1.79 bits per heavy atom. The maximum atomic E-state index is 9.31. The molecule has 4 nitrogen and oxygen atoms in total. The molecule has 4 heteroatoms. The van der Waals surface area contributed by atoms with Crippen LogP contribution >= 0.6 is 0 Å². The molecule has 0 atom stereocenters. The number of rotatable bonds is 4. The number of pyridine rings is 1. The van der Waals surface area contributed by atoms with Gasteiger partial charge in [-0.25, -0.2) is 4.98 Å². The van der Waals surface area contributed by atoms with Crippen molar-refractivity contribution in [2.75, 3.05) is 13.7 Å². The average molecular weight is 320 g/mol. The van der Waals surface area contributed by atoms with Gasteiger partial charge in [0.1, 0.15) is 24.1 Å². The second-order valence-corrected chi connectivity index (χ2v) is 5.43. The molecule has 24 heavy (non-hydrogen) atoms. The molecule has 0 amide bonds. The van der Waals surface area contributed by atoms with Gasteiger partial charge in [-0.2, -0.15) is 5.26 Å². The zero-order valence-corrected chi connectivity index (χ0v) is 14.4. The van der Waals surface area contributed by atoms with E-state index >= 15 is 0 Å². The lowest BCUT2D eigenvalue weighted by Gasteiger charge is -2.07. The van der Waals surface area contributed by atoms with Crippen molar-refractivity contribution in [2.45, 2.75) is 27.4 Å². The molecule has 0 bridgehead atoms. The molecule has 122 valence electrons. The van der Waals surface area contributed by atoms with E-state index in [1.807, 2.05) is 45.0 Å². The number of benzene rings is 1. The molecular weight excluding hydrogens is 300 g/mol. The van der Waals surface area contributed by atoms with E-state index in [0.717, 1.165) is 28.1 Å². The van der Waals surface area contributed by atoms with Gasteiger partial charge < -0.3 is 9.47 Å². The van der Waals surface area contributed by atoms with Crippen LogP contribution in [0, 0.1) is 43.9 Å². The highest BCUT2D eigenvalue weighted by molar-refractivity contribution is 5.51. The Morgan fingerprint density at radius 3 is 2.42 bits per heavy atom. The fourth-order valence-corrected chi connectivity index (χ4v) is 2.23. The minimum absolute atomic E-state index is 0.282. The summed E-state index contributed by atoms with van der Waals surface area (Å²) in [6.45, 7) is 6.57. The topological polar surface area (TPSA) is 55.1 Å². The van der Waals surface area contributed by atoms with Crippen LogP contribution in [0.15, 0.2) is 24.3 Å². The summed E-state index contributed by atoms with van der Waals surface area (Å²) in [5.74, 6) is 6.70. The van der Waals surface area contributed by atoms with E-state index in [0.29, 0.717) is 17.9 Å². The number of hydrogen-bond acceptors (Lipinski definition) is 4. The van der Waals surface area contributed by atoms with Crippen molar-refractivity contribution in [2.24, 2.45) is 0 Å². The molecule has 0 N–H and O–H groups in total. The summed E-state index contributed by atoms with van der Waals surface area (Å²) in [6, 6.07) is 9.89. The Morgan fingerprint density at radius 1 is 1.08 bits per heavy atom. The quantitative estimate of drug-likeness (QED) is 0.639. The highest BCUT2D eigenvalue weighted by Crippen LogP contribution is 2.17. The largest absolute Gasteiger partial charge is 0.497 e. The van der Waals surface area contributed by atoms with E-state index in [9.17, 15) is 5.26 Å². The minimum Gasteiger partial charge on any atom is -0.497 e. The van der Waals surface area contributed by atoms with E-state index in [4.69, 9.17) is 9.47 Å². The fourth-order valence-electron chi connectivity index (χ4n) is 2.23. The monoisotopic (exact) mass is 320 g/mol. The van der Waals surface area contributed by atoms with Crippen LogP contribution in [0.5, 0.6) is 5.75 Å². The predicted molar refractivity (Wildman–Crippen MR) is 92.7 cm³/mol. The first-order valence-electron chi connectivity index (χ1n) is 7.64. The molecule has 1 aromatic heterocycles. The lowest BCUT2D eigenvalue weighted by molar-refractivity contribution is 0.153. The molecule has 0 spiro atoms. The molecule has 2 rings (SSSR count). The van der Waals surface area contributed by atoms with Gasteiger partial charge in [0.15, 0.2) is 0 Å². The first kappa shape index (κ1) is 17.5. The van der Waals surface area contributed by atoms with Gasteiger partial charge in [-0.1, -0.05) is 18.1 Å². The Balaban J connectivity index is 2.00. The van der Waals surface area contributed by atoms with Crippen molar-refractivity contribution in [3.05, 3.63) is 57.9 Å².